The van der Waals surface area contributed by atoms with Crippen molar-refractivity contribution in [3.05, 3.63) is 11.7 Å². The molecular weight excluding hydrogens is 250 g/mol. The first-order valence-electron chi connectivity index (χ1n) is 8.31. The van der Waals surface area contributed by atoms with Crippen LogP contribution >= 0.6 is 0 Å². The van der Waals surface area contributed by atoms with Crippen molar-refractivity contribution < 1.29 is 4.52 Å². The monoisotopic (exact) mass is 279 g/mol. The van der Waals surface area contributed by atoms with Crippen LogP contribution in [0.5, 0.6) is 0 Å². The van der Waals surface area contributed by atoms with Crippen molar-refractivity contribution >= 4 is 0 Å². The summed E-state index contributed by atoms with van der Waals surface area (Å²) in [5.41, 5.74) is 0. The number of hydrogen-bond donors (Lipinski definition) is 1. The van der Waals surface area contributed by atoms with Crippen LogP contribution in [0.25, 0.3) is 0 Å². The zero-order valence-corrected chi connectivity index (χ0v) is 13.0. The molecule has 0 aromatic carbocycles. The van der Waals surface area contributed by atoms with Gasteiger partial charge in [-0.05, 0) is 25.8 Å². The first-order chi connectivity index (χ1) is 9.75. The summed E-state index contributed by atoms with van der Waals surface area (Å²) in [6.45, 7) is 5.34. The molecule has 0 amide bonds. The standard InChI is InChI=1S/C16H29N3O/c1-13(2)17-12-8-11-15-18-16(19-20-15)14-9-6-4-3-5-7-10-14/h13-14,17H,3-12H2,1-2H3. The van der Waals surface area contributed by atoms with E-state index < -0.39 is 0 Å². The summed E-state index contributed by atoms with van der Waals surface area (Å²) in [4.78, 5) is 4.62. The Morgan fingerprint density at radius 1 is 1.15 bits per heavy atom. The van der Waals surface area contributed by atoms with Crippen LogP contribution in [0.3, 0.4) is 0 Å². The predicted molar refractivity (Wildman–Crippen MR) is 80.8 cm³/mol. The second-order valence-corrected chi connectivity index (χ2v) is 6.30. The van der Waals surface area contributed by atoms with Gasteiger partial charge in [-0.3, -0.25) is 0 Å². The lowest BCUT2D eigenvalue weighted by molar-refractivity contribution is 0.358. The first kappa shape index (κ1) is 15.5. The summed E-state index contributed by atoms with van der Waals surface area (Å²) in [5, 5.41) is 7.63. The Morgan fingerprint density at radius 3 is 2.55 bits per heavy atom. The molecule has 0 saturated heterocycles. The highest BCUT2D eigenvalue weighted by Gasteiger charge is 2.19. The molecule has 0 radical (unpaired) electrons. The van der Waals surface area contributed by atoms with Gasteiger partial charge in [0.25, 0.3) is 0 Å². The molecule has 1 fully saturated rings. The average Bonchev–Trinajstić information content (AvgIpc) is 2.83. The lowest BCUT2D eigenvalue weighted by Gasteiger charge is -2.15. The molecule has 1 aliphatic carbocycles. The molecule has 0 spiro atoms. The maximum Gasteiger partial charge on any atom is 0.226 e. The highest BCUT2D eigenvalue weighted by molar-refractivity contribution is 4.96. The van der Waals surface area contributed by atoms with Crippen LogP contribution in [-0.4, -0.2) is 22.7 Å². The molecular formula is C16H29N3O. The molecule has 0 unspecified atom stereocenters. The van der Waals surface area contributed by atoms with Gasteiger partial charge in [0.15, 0.2) is 5.82 Å². The second kappa shape index (κ2) is 8.40. The van der Waals surface area contributed by atoms with Crippen LogP contribution in [0, 0.1) is 0 Å². The third-order valence-electron chi connectivity index (χ3n) is 4.07. The van der Waals surface area contributed by atoms with E-state index >= 15 is 0 Å². The van der Waals surface area contributed by atoms with Crippen molar-refractivity contribution in [3.8, 4) is 0 Å². The van der Waals surface area contributed by atoms with E-state index in [9.17, 15) is 0 Å². The van der Waals surface area contributed by atoms with Gasteiger partial charge in [-0.25, -0.2) is 0 Å². The molecule has 1 heterocycles. The molecule has 20 heavy (non-hydrogen) atoms. The number of nitrogens with zero attached hydrogens (tertiary/aromatic N) is 2. The van der Waals surface area contributed by atoms with Gasteiger partial charge in [0.1, 0.15) is 0 Å². The van der Waals surface area contributed by atoms with E-state index in [-0.39, 0.29) is 0 Å². The van der Waals surface area contributed by atoms with Crippen molar-refractivity contribution in [2.45, 2.75) is 83.6 Å². The average molecular weight is 279 g/mol. The van der Waals surface area contributed by atoms with Gasteiger partial charge in [-0.15, -0.1) is 0 Å². The Bertz CT molecular complexity index is 368. The third kappa shape index (κ3) is 5.23. The largest absolute Gasteiger partial charge is 0.339 e. The van der Waals surface area contributed by atoms with Gasteiger partial charge < -0.3 is 9.84 Å². The van der Waals surface area contributed by atoms with Crippen LogP contribution < -0.4 is 5.32 Å². The van der Waals surface area contributed by atoms with Crippen LogP contribution in [-0.2, 0) is 6.42 Å². The van der Waals surface area contributed by atoms with Gasteiger partial charge in [-0.2, -0.15) is 4.98 Å². The summed E-state index contributed by atoms with van der Waals surface area (Å²) in [6.07, 6.45) is 11.2. The fraction of sp³-hybridized carbons (Fsp3) is 0.875. The van der Waals surface area contributed by atoms with Crippen LogP contribution in [0.1, 0.15) is 82.8 Å². The molecule has 0 aliphatic heterocycles. The fourth-order valence-electron chi connectivity index (χ4n) is 2.88. The zero-order valence-electron chi connectivity index (χ0n) is 13.0. The Morgan fingerprint density at radius 2 is 1.85 bits per heavy atom. The second-order valence-electron chi connectivity index (χ2n) is 6.30. The van der Waals surface area contributed by atoms with E-state index in [4.69, 9.17) is 4.52 Å². The topological polar surface area (TPSA) is 51.0 Å². The molecule has 2 rings (SSSR count). The lowest BCUT2D eigenvalue weighted by Crippen LogP contribution is -2.23. The van der Waals surface area contributed by atoms with Crippen LogP contribution in [0.15, 0.2) is 4.52 Å². The Hall–Kier alpha value is -0.900. The first-order valence-corrected chi connectivity index (χ1v) is 8.31. The summed E-state index contributed by atoms with van der Waals surface area (Å²) in [6, 6.07) is 0.545. The molecule has 1 aromatic heterocycles. The number of rotatable bonds is 6. The quantitative estimate of drug-likeness (QED) is 0.804. The number of aryl methyl sites for hydroxylation is 1. The summed E-state index contributed by atoms with van der Waals surface area (Å²) in [5.74, 6) is 2.30. The highest BCUT2D eigenvalue weighted by atomic mass is 16.5. The van der Waals surface area contributed by atoms with E-state index in [1.807, 2.05) is 0 Å². The Labute approximate surface area is 122 Å². The minimum Gasteiger partial charge on any atom is -0.339 e. The Kier molecular flexibility index (Phi) is 6.51. The minimum atomic E-state index is 0.529. The van der Waals surface area contributed by atoms with Gasteiger partial charge >= 0.3 is 0 Å². The molecule has 1 aromatic rings. The third-order valence-corrected chi connectivity index (χ3v) is 4.07. The molecule has 114 valence electrons. The van der Waals surface area contributed by atoms with E-state index in [2.05, 4.69) is 29.3 Å². The van der Waals surface area contributed by atoms with Crippen LogP contribution in [0.4, 0.5) is 0 Å². The summed E-state index contributed by atoms with van der Waals surface area (Å²) >= 11 is 0. The number of aromatic nitrogens is 2. The molecule has 0 bridgehead atoms. The minimum absolute atomic E-state index is 0.529. The van der Waals surface area contributed by atoms with Gasteiger partial charge in [0, 0.05) is 18.4 Å². The summed E-state index contributed by atoms with van der Waals surface area (Å²) in [7, 11) is 0. The van der Waals surface area contributed by atoms with E-state index in [1.54, 1.807) is 0 Å². The molecule has 0 atom stereocenters. The van der Waals surface area contributed by atoms with E-state index in [1.165, 1.54) is 44.9 Å². The zero-order chi connectivity index (χ0) is 14.2. The number of nitrogens with one attached hydrogen (secondary N) is 1. The molecule has 4 nitrogen and oxygen atoms in total. The van der Waals surface area contributed by atoms with Gasteiger partial charge in [0.05, 0.1) is 0 Å². The normalized spacial score (nSPS) is 18.1. The van der Waals surface area contributed by atoms with Crippen molar-refractivity contribution in [1.29, 1.82) is 0 Å². The Balaban J connectivity index is 1.78. The number of hydrogen-bond acceptors (Lipinski definition) is 4. The molecule has 1 aliphatic rings. The van der Waals surface area contributed by atoms with Crippen molar-refractivity contribution in [3.63, 3.8) is 0 Å². The van der Waals surface area contributed by atoms with E-state index in [0.717, 1.165) is 31.1 Å². The van der Waals surface area contributed by atoms with Gasteiger partial charge in [0.2, 0.25) is 5.89 Å². The maximum atomic E-state index is 5.41. The summed E-state index contributed by atoms with van der Waals surface area (Å²) < 4.78 is 5.41. The van der Waals surface area contributed by atoms with Gasteiger partial charge in [-0.1, -0.05) is 51.1 Å². The molecule has 1 N–H and O–H groups in total. The van der Waals surface area contributed by atoms with Crippen molar-refractivity contribution in [2.75, 3.05) is 6.54 Å². The molecule has 4 heteroatoms. The van der Waals surface area contributed by atoms with E-state index in [0.29, 0.717) is 12.0 Å². The highest BCUT2D eigenvalue weighted by Crippen LogP contribution is 2.29. The van der Waals surface area contributed by atoms with Crippen molar-refractivity contribution in [1.82, 2.24) is 15.5 Å². The van der Waals surface area contributed by atoms with Crippen LogP contribution in [0.2, 0.25) is 0 Å². The SMILES string of the molecule is CC(C)NCCCc1nc(C2CCCCCCC2)no1. The molecule has 1 saturated carbocycles. The van der Waals surface area contributed by atoms with Crippen molar-refractivity contribution in [2.24, 2.45) is 0 Å². The lowest BCUT2D eigenvalue weighted by atomic mass is 9.91. The maximum absolute atomic E-state index is 5.41. The fourth-order valence-corrected chi connectivity index (χ4v) is 2.88. The predicted octanol–water partition coefficient (Wildman–Crippen LogP) is 3.83. The smallest absolute Gasteiger partial charge is 0.226 e.